The van der Waals surface area contributed by atoms with E-state index < -0.39 is 0 Å². The maximum absolute atomic E-state index is 6.00. The van der Waals surface area contributed by atoms with Gasteiger partial charge in [0.25, 0.3) is 0 Å². The molecule has 0 saturated heterocycles. The van der Waals surface area contributed by atoms with Gasteiger partial charge in [0.2, 0.25) is 0 Å². The molecule has 1 atom stereocenters. The summed E-state index contributed by atoms with van der Waals surface area (Å²) in [4.78, 5) is 0. The number of methoxy groups -OCH3 is 1. The van der Waals surface area contributed by atoms with Gasteiger partial charge in [-0.3, -0.25) is 4.68 Å². The Balaban J connectivity index is 2.11. The van der Waals surface area contributed by atoms with Crippen LogP contribution < -0.4 is 5.32 Å². The predicted molar refractivity (Wildman–Crippen MR) is 79.6 cm³/mol. The van der Waals surface area contributed by atoms with Gasteiger partial charge in [0.05, 0.1) is 11.3 Å². The van der Waals surface area contributed by atoms with Gasteiger partial charge in [0.15, 0.2) is 0 Å². The molecular weight excluding hydrogens is 252 g/mol. The van der Waals surface area contributed by atoms with E-state index in [0.29, 0.717) is 6.04 Å². The molecule has 1 aromatic rings. The van der Waals surface area contributed by atoms with Gasteiger partial charge < -0.3 is 10.1 Å². The summed E-state index contributed by atoms with van der Waals surface area (Å²) in [6.45, 7) is 3.22. The van der Waals surface area contributed by atoms with Crippen molar-refractivity contribution in [3.05, 3.63) is 11.9 Å². The van der Waals surface area contributed by atoms with Crippen LogP contribution in [0, 0.1) is 0 Å². The van der Waals surface area contributed by atoms with Gasteiger partial charge in [0, 0.05) is 32.8 Å². The molecule has 1 aliphatic carbocycles. The van der Waals surface area contributed by atoms with E-state index in [0.717, 1.165) is 37.9 Å². The molecule has 1 N–H and O–H groups in total. The van der Waals surface area contributed by atoms with Gasteiger partial charge in [-0.25, -0.2) is 0 Å². The Bertz CT molecular complexity index is 398. The van der Waals surface area contributed by atoms with Crippen LogP contribution in [-0.4, -0.2) is 40.3 Å². The fourth-order valence-electron chi connectivity index (χ4n) is 3.31. The minimum Gasteiger partial charge on any atom is -0.377 e. The summed E-state index contributed by atoms with van der Waals surface area (Å²) < 4.78 is 7.77. The monoisotopic (exact) mass is 280 g/mol. The second-order valence-corrected chi connectivity index (χ2v) is 5.92. The van der Waals surface area contributed by atoms with Crippen molar-refractivity contribution in [2.24, 2.45) is 7.05 Å². The smallest absolute Gasteiger partial charge is 0.0843 e. The van der Waals surface area contributed by atoms with E-state index in [4.69, 9.17) is 4.74 Å². The van der Waals surface area contributed by atoms with Crippen molar-refractivity contribution in [3.63, 3.8) is 0 Å². The van der Waals surface area contributed by atoms with Crippen molar-refractivity contribution in [3.8, 4) is 0 Å². The summed E-state index contributed by atoms with van der Waals surface area (Å²) in [5.74, 6) is 0. The number of aromatic nitrogens is 3. The summed E-state index contributed by atoms with van der Waals surface area (Å²) in [5.41, 5.74) is 1.01. The molecule has 1 unspecified atom stereocenters. The van der Waals surface area contributed by atoms with Gasteiger partial charge in [-0.2, -0.15) is 0 Å². The number of hydrogen-bond donors (Lipinski definition) is 1. The van der Waals surface area contributed by atoms with Crippen LogP contribution in [0.1, 0.15) is 51.1 Å². The van der Waals surface area contributed by atoms with E-state index in [1.165, 1.54) is 19.3 Å². The van der Waals surface area contributed by atoms with Crippen LogP contribution in [0.2, 0.25) is 0 Å². The second kappa shape index (κ2) is 7.18. The van der Waals surface area contributed by atoms with Gasteiger partial charge in [0.1, 0.15) is 0 Å². The van der Waals surface area contributed by atoms with Crippen molar-refractivity contribution in [2.75, 3.05) is 13.7 Å². The zero-order valence-corrected chi connectivity index (χ0v) is 13.1. The molecule has 1 heterocycles. The Hall–Kier alpha value is -0.940. The largest absolute Gasteiger partial charge is 0.377 e. The summed E-state index contributed by atoms with van der Waals surface area (Å²) in [7, 11) is 3.78. The van der Waals surface area contributed by atoms with E-state index >= 15 is 0 Å². The highest BCUT2D eigenvalue weighted by Gasteiger charge is 2.40. The van der Waals surface area contributed by atoms with Crippen LogP contribution in [-0.2, 0) is 18.2 Å². The zero-order chi connectivity index (χ0) is 14.4. The number of nitrogens with one attached hydrogen (secondary N) is 1. The maximum atomic E-state index is 6.00. The molecule has 5 nitrogen and oxygen atoms in total. The van der Waals surface area contributed by atoms with E-state index in [2.05, 4.69) is 22.6 Å². The number of rotatable bonds is 7. The Morgan fingerprint density at radius 1 is 1.40 bits per heavy atom. The van der Waals surface area contributed by atoms with Crippen molar-refractivity contribution in [1.29, 1.82) is 0 Å². The summed E-state index contributed by atoms with van der Waals surface area (Å²) in [5, 5.41) is 12.0. The van der Waals surface area contributed by atoms with Gasteiger partial charge in [-0.1, -0.05) is 31.4 Å². The highest BCUT2D eigenvalue weighted by molar-refractivity contribution is 5.04. The van der Waals surface area contributed by atoms with Crippen molar-refractivity contribution >= 4 is 0 Å². The van der Waals surface area contributed by atoms with E-state index in [1.807, 2.05) is 20.4 Å². The van der Waals surface area contributed by atoms with Crippen LogP contribution in [0.3, 0.4) is 0 Å². The van der Waals surface area contributed by atoms with Crippen molar-refractivity contribution < 1.29 is 4.74 Å². The van der Waals surface area contributed by atoms with Crippen molar-refractivity contribution in [1.82, 2.24) is 20.3 Å². The van der Waals surface area contributed by atoms with E-state index in [9.17, 15) is 0 Å². The molecule has 0 aliphatic heterocycles. The molecule has 1 fully saturated rings. The van der Waals surface area contributed by atoms with Crippen LogP contribution in [0.4, 0.5) is 0 Å². The lowest BCUT2D eigenvalue weighted by Gasteiger charge is -2.43. The van der Waals surface area contributed by atoms with Gasteiger partial charge >= 0.3 is 0 Å². The molecule has 114 valence electrons. The lowest BCUT2D eigenvalue weighted by atomic mass is 9.77. The zero-order valence-electron chi connectivity index (χ0n) is 13.1. The summed E-state index contributed by atoms with van der Waals surface area (Å²) in [6.07, 6.45) is 10.2. The van der Waals surface area contributed by atoms with Crippen LogP contribution >= 0.6 is 0 Å². The first-order chi connectivity index (χ1) is 9.70. The summed E-state index contributed by atoms with van der Waals surface area (Å²) in [6, 6.07) is 0.324. The Kier molecular flexibility index (Phi) is 5.54. The molecule has 2 rings (SSSR count). The fourth-order valence-corrected chi connectivity index (χ4v) is 3.31. The number of hydrogen-bond acceptors (Lipinski definition) is 4. The van der Waals surface area contributed by atoms with E-state index in [-0.39, 0.29) is 5.60 Å². The molecule has 0 spiro atoms. The predicted octanol–water partition coefficient (Wildman–Crippen LogP) is 2.08. The molecule has 20 heavy (non-hydrogen) atoms. The quantitative estimate of drug-likeness (QED) is 0.831. The molecule has 0 radical (unpaired) electrons. The number of ether oxygens (including phenoxy) is 1. The van der Waals surface area contributed by atoms with Gasteiger partial charge in [-0.05, 0) is 25.8 Å². The van der Waals surface area contributed by atoms with Crippen LogP contribution in [0.15, 0.2) is 6.20 Å². The molecule has 0 aromatic carbocycles. The molecule has 5 heteroatoms. The SMILES string of the molecule is CCCNC(Cc1cn(C)nn1)C1(OC)CCCCC1. The molecule has 1 aromatic heterocycles. The van der Waals surface area contributed by atoms with Crippen molar-refractivity contribution in [2.45, 2.75) is 63.5 Å². The molecular formula is C15H28N4O. The molecule has 1 aliphatic rings. The molecule has 0 bridgehead atoms. The van der Waals surface area contributed by atoms with Crippen LogP contribution in [0.5, 0.6) is 0 Å². The van der Waals surface area contributed by atoms with Gasteiger partial charge in [-0.15, -0.1) is 5.10 Å². The molecule has 0 amide bonds. The fraction of sp³-hybridized carbons (Fsp3) is 0.867. The average molecular weight is 280 g/mol. The number of nitrogens with zero attached hydrogens (tertiary/aromatic N) is 3. The molecule has 1 saturated carbocycles. The minimum absolute atomic E-state index is 0.0368. The lowest BCUT2D eigenvalue weighted by molar-refractivity contribution is -0.0674. The third-order valence-electron chi connectivity index (χ3n) is 4.45. The highest BCUT2D eigenvalue weighted by Crippen LogP contribution is 2.35. The standard InChI is InChI=1S/C15H28N4O/c1-4-10-16-14(11-13-12-19(2)18-17-13)15(20-3)8-6-5-7-9-15/h12,14,16H,4-11H2,1-3H3. The Labute approximate surface area is 122 Å². The van der Waals surface area contributed by atoms with Crippen LogP contribution in [0.25, 0.3) is 0 Å². The summed E-state index contributed by atoms with van der Waals surface area (Å²) >= 11 is 0. The second-order valence-electron chi connectivity index (χ2n) is 5.92. The first-order valence-electron chi connectivity index (χ1n) is 7.84. The first kappa shape index (κ1) is 15.4. The maximum Gasteiger partial charge on any atom is 0.0843 e. The Morgan fingerprint density at radius 3 is 2.70 bits per heavy atom. The third kappa shape index (κ3) is 3.58. The van der Waals surface area contributed by atoms with E-state index in [1.54, 1.807) is 4.68 Å². The normalized spacial score (nSPS) is 19.9. The average Bonchev–Trinajstić information content (AvgIpc) is 2.89. The third-order valence-corrected chi connectivity index (χ3v) is 4.45. The Morgan fingerprint density at radius 2 is 2.15 bits per heavy atom. The number of aryl methyl sites for hydroxylation is 1. The first-order valence-corrected chi connectivity index (χ1v) is 7.84. The lowest BCUT2D eigenvalue weighted by Crippen LogP contribution is -2.54. The highest BCUT2D eigenvalue weighted by atomic mass is 16.5. The minimum atomic E-state index is -0.0368. The topological polar surface area (TPSA) is 52.0 Å².